The Morgan fingerprint density at radius 1 is 1.08 bits per heavy atom. The zero-order valence-electron chi connectivity index (χ0n) is 13.7. The van der Waals surface area contributed by atoms with E-state index in [0.29, 0.717) is 37.4 Å². The fourth-order valence-corrected chi connectivity index (χ4v) is 4.23. The van der Waals surface area contributed by atoms with E-state index in [1.54, 1.807) is 24.3 Å². The van der Waals surface area contributed by atoms with Crippen molar-refractivity contribution < 1.29 is 17.9 Å². The molecule has 0 atom stereocenters. The summed E-state index contributed by atoms with van der Waals surface area (Å²) in [5.74, 6) is 0.719. The van der Waals surface area contributed by atoms with Crippen LogP contribution in [0.15, 0.2) is 54.6 Å². The molecule has 0 saturated carbocycles. The predicted molar refractivity (Wildman–Crippen MR) is 96.5 cm³/mol. The van der Waals surface area contributed by atoms with Crippen LogP contribution in [-0.2, 0) is 10.0 Å². The number of hydrogen-bond acceptors (Lipinski definition) is 4. The van der Waals surface area contributed by atoms with Gasteiger partial charge in [0.25, 0.3) is 5.91 Å². The first-order valence-corrected chi connectivity index (χ1v) is 9.74. The van der Waals surface area contributed by atoms with Gasteiger partial charge in [-0.2, -0.15) is 0 Å². The third-order valence-corrected chi connectivity index (χ3v) is 5.79. The molecule has 1 aliphatic rings. The molecule has 2 aromatic carbocycles. The summed E-state index contributed by atoms with van der Waals surface area (Å²) in [4.78, 5) is 12.1. The number of sulfonamides is 1. The number of nitrogens with one attached hydrogen (secondary N) is 1. The molecule has 25 heavy (non-hydrogen) atoms. The number of benzene rings is 2. The van der Waals surface area contributed by atoms with E-state index in [0.717, 1.165) is 5.75 Å². The maximum absolute atomic E-state index is 12.1. The summed E-state index contributed by atoms with van der Waals surface area (Å²) < 4.78 is 30.7. The van der Waals surface area contributed by atoms with Crippen LogP contribution in [0.2, 0.25) is 0 Å². The van der Waals surface area contributed by atoms with Gasteiger partial charge in [0.1, 0.15) is 12.4 Å². The topological polar surface area (TPSA) is 75.7 Å². The number of ether oxygens (including phenoxy) is 1. The van der Waals surface area contributed by atoms with E-state index in [1.807, 2.05) is 30.3 Å². The molecule has 1 heterocycles. The summed E-state index contributed by atoms with van der Waals surface area (Å²) in [5, 5.41) is 2.78. The summed E-state index contributed by atoms with van der Waals surface area (Å²) in [6, 6.07) is 16.0. The molecular formula is C18H20N2O4S. The van der Waals surface area contributed by atoms with Gasteiger partial charge in [-0.25, -0.2) is 8.42 Å². The number of rotatable bonds is 6. The highest BCUT2D eigenvalue weighted by atomic mass is 32.2. The van der Waals surface area contributed by atoms with Gasteiger partial charge in [-0.05, 0) is 42.8 Å². The minimum absolute atomic E-state index is 0.177. The standard InChI is InChI=1S/C18H20N2O4S/c21-18(19-11-13-24-17-5-2-1-3-6-17)15-7-9-16(10-8-15)20-12-4-14-25(20,22)23/h1-3,5-10H,4,11-14H2,(H,19,21). The van der Waals surface area contributed by atoms with Crippen LogP contribution in [-0.4, -0.2) is 39.8 Å². The van der Waals surface area contributed by atoms with E-state index in [-0.39, 0.29) is 11.7 Å². The van der Waals surface area contributed by atoms with Crippen molar-refractivity contribution in [3.63, 3.8) is 0 Å². The van der Waals surface area contributed by atoms with E-state index in [2.05, 4.69) is 5.32 Å². The van der Waals surface area contributed by atoms with Crippen LogP contribution in [0, 0.1) is 0 Å². The van der Waals surface area contributed by atoms with Crippen molar-refractivity contribution >= 4 is 21.6 Å². The van der Waals surface area contributed by atoms with Crippen molar-refractivity contribution in [3.8, 4) is 5.75 Å². The minimum atomic E-state index is -3.20. The van der Waals surface area contributed by atoms with Gasteiger partial charge in [0.2, 0.25) is 10.0 Å². The molecule has 1 amide bonds. The molecule has 1 fully saturated rings. The second-order valence-corrected chi connectivity index (χ2v) is 7.72. The van der Waals surface area contributed by atoms with Crippen LogP contribution >= 0.6 is 0 Å². The Bertz CT molecular complexity index is 820. The molecular weight excluding hydrogens is 340 g/mol. The van der Waals surface area contributed by atoms with E-state index in [9.17, 15) is 13.2 Å². The Labute approximate surface area is 147 Å². The van der Waals surface area contributed by atoms with E-state index >= 15 is 0 Å². The molecule has 3 rings (SSSR count). The fourth-order valence-electron chi connectivity index (χ4n) is 2.66. The number of amides is 1. The molecule has 0 aliphatic carbocycles. The van der Waals surface area contributed by atoms with Gasteiger partial charge in [0, 0.05) is 12.1 Å². The lowest BCUT2D eigenvalue weighted by molar-refractivity contribution is 0.0947. The summed E-state index contributed by atoms with van der Waals surface area (Å²) in [6.07, 6.45) is 0.631. The van der Waals surface area contributed by atoms with Gasteiger partial charge in [-0.15, -0.1) is 0 Å². The molecule has 0 spiro atoms. The molecule has 0 bridgehead atoms. The number of para-hydroxylation sites is 1. The van der Waals surface area contributed by atoms with E-state index in [4.69, 9.17) is 4.74 Å². The lowest BCUT2D eigenvalue weighted by Gasteiger charge is -2.17. The summed E-state index contributed by atoms with van der Waals surface area (Å²) in [7, 11) is -3.20. The first-order valence-electron chi connectivity index (χ1n) is 8.13. The molecule has 1 saturated heterocycles. The van der Waals surface area contributed by atoms with Gasteiger partial charge in [0.15, 0.2) is 0 Å². The SMILES string of the molecule is O=C(NCCOc1ccccc1)c1ccc(N2CCCS2(=O)=O)cc1. The summed E-state index contributed by atoms with van der Waals surface area (Å²) in [5.41, 5.74) is 1.08. The Balaban J connectivity index is 1.51. The van der Waals surface area contributed by atoms with Crippen LogP contribution in [0.4, 0.5) is 5.69 Å². The van der Waals surface area contributed by atoms with Gasteiger partial charge >= 0.3 is 0 Å². The Kier molecular flexibility index (Phi) is 5.23. The van der Waals surface area contributed by atoms with E-state index < -0.39 is 10.0 Å². The average molecular weight is 360 g/mol. The van der Waals surface area contributed by atoms with E-state index in [1.165, 1.54) is 4.31 Å². The zero-order valence-corrected chi connectivity index (χ0v) is 14.5. The highest BCUT2D eigenvalue weighted by Gasteiger charge is 2.28. The zero-order chi connectivity index (χ0) is 17.7. The maximum Gasteiger partial charge on any atom is 0.251 e. The summed E-state index contributed by atoms with van der Waals surface area (Å²) in [6.45, 7) is 1.25. The Morgan fingerprint density at radius 2 is 1.80 bits per heavy atom. The van der Waals surface area contributed by atoms with Crippen molar-refractivity contribution in [2.75, 3.05) is 29.8 Å². The largest absolute Gasteiger partial charge is 0.492 e. The van der Waals surface area contributed by atoms with Gasteiger partial charge in [-0.1, -0.05) is 18.2 Å². The van der Waals surface area contributed by atoms with Crippen molar-refractivity contribution in [2.45, 2.75) is 6.42 Å². The molecule has 0 aromatic heterocycles. The Hall–Kier alpha value is -2.54. The third kappa shape index (κ3) is 4.30. The van der Waals surface area contributed by atoms with Crippen molar-refractivity contribution in [2.24, 2.45) is 0 Å². The first-order chi connectivity index (χ1) is 12.1. The number of nitrogens with zero attached hydrogens (tertiary/aromatic N) is 1. The van der Waals surface area contributed by atoms with Crippen molar-refractivity contribution in [1.82, 2.24) is 5.32 Å². The normalized spacial score (nSPS) is 15.8. The van der Waals surface area contributed by atoms with Crippen molar-refractivity contribution in [1.29, 1.82) is 0 Å². The molecule has 2 aromatic rings. The van der Waals surface area contributed by atoms with Crippen LogP contribution in [0.3, 0.4) is 0 Å². The molecule has 1 aliphatic heterocycles. The smallest absolute Gasteiger partial charge is 0.251 e. The molecule has 132 valence electrons. The van der Waals surface area contributed by atoms with Crippen molar-refractivity contribution in [3.05, 3.63) is 60.2 Å². The second-order valence-electron chi connectivity index (χ2n) is 5.71. The van der Waals surface area contributed by atoms with Gasteiger partial charge in [-0.3, -0.25) is 9.10 Å². The first kappa shape index (κ1) is 17.3. The van der Waals surface area contributed by atoms with Gasteiger partial charge in [0.05, 0.1) is 18.0 Å². The average Bonchev–Trinajstić information content (AvgIpc) is 2.99. The summed E-state index contributed by atoms with van der Waals surface area (Å²) >= 11 is 0. The molecule has 7 heteroatoms. The molecule has 6 nitrogen and oxygen atoms in total. The fraction of sp³-hybridized carbons (Fsp3) is 0.278. The van der Waals surface area contributed by atoms with Crippen LogP contribution in [0.1, 0.15) is 16.8 Å². The van der Waals surface area contributed by atoms with Crippen LogP contribution in [0.5, 0.6) is 5.75 Å². The van der Waals surface area contributed by atoms with Gasteiger partial charge < -0.3 is 10.1 Å². The predicted octanol–water partition coefficient (Wildman–Crippen LogP) is 2.04. The quantitative estimate of drug-likeness (QED) is 0.800. The monoisotopic (exact) mass is 360 g/mol. The Morgan fingerprint density at radius 3 is 2.44 bits per heavy atom. The number of hydrogen-bond donors (Lipinski definition) is 1. The highest BCUT2D eigenvalue weighted by Crippen LogP contribution is 2.24. The maximum atomic E-state index is 12.1. The minimum Gasteiger partial charge on any atom is -0.492 e. The number of carbonyl (C=O) groups excluding carboxylic acids is 1. The molecule has 0 radical (unpaired) electrons. The van der Waals surface area contributed by atoms with Crippen LogP contribution < -0.4 is 14.4 Å². The molecule has 0 unspecified atom stereocenters. The number of anilines is 1. The lowest BCUT2D eigenvalue weighted by Crippen LogP contribution is -2.28. The molecule has 1 N–H and O–H groups in total. The second kappa shape index (κ2) is 7.57. The third-order valence-electron chi connectivity index (χ3n) is 3.92. The number of carbonyl (C=O) groups is 1. The lowest BCUT2D eigenvalue weighted by atomic mass is 10.2. The highest BCUT2D eigenvalue weighted by molar-refractivity contribution is 7.93. The van der Waals surface area contributed by atoms with Crippen LogP contribution in [0.25, 0.3) is 0 Å².